The molecule has 0 saturated heterocycles. The number of pyridine rings is 1. The maximum Gasteiger partial charge on any atom is 0.312 e. The number of carboxylic acids is 1. The van der Waals surface area contributed by atoms with E-state index < -0.39 is 23.5 Å². The van der Waals surface area contributed by atoms with Crippen LogP contribution in [-0.4, -0.2) is 37.4 Å². The van der Waals surface area contributed by atoms with E-state index >= 15 is 0 Å². The Hall–Kier alpha value is -3.00. The molecule has 0 fully saturated rings. The fourth-order valence-electron chi connectivity index (χ4n) is 3.79. The Balaban J connectivity index is 2.23. The summed E-state index contributed by atoms with van der Waals surface area (Å²) in [5.74, 6) is -1.86. The van der Waals surface area contributed by atoms with E-state index in [2.05, 4.69) is 20.9 Å². The monoisotopic (exact) mass is 513 g/mol. The number of carbonyl (C=O) groups is 2. The van der Waals surface area contributed by atoms with Gasteiger partial charge in [-0.3, -0.25) is 19.3 Å². The van der Waals surface area contributed by atoms with Crippen LogP contribution in [0.4, 0.5) is 0 Å². The maximum atomic E-state index is 12.8. The first-order chi connectivity index (χ1) is 15.6. The van der Waals surface area contributed by atoms with Crippen LogP contribution in [0.2, 0.25) is 0 Å². The highest BCUT2D eigenvalue weighted by molar-refractivity contribution is 9.10. The minimum absolute atomic E-state index is 0.0209. The molecule has 0 amide bonds. The summed E-state index contributed by atoms with van der Waals surface area (Å²) in [6, 6.07) is 13.0. The smallest absolute Gasteiger partial charge is 0.312 e. The third kappa shape index (κ3) is 6.28. The number of rotatable bonds is 8. The maximum absolute atomic E-state index is 12.8. The second-order valence-corrected chi connectivity index (χ2v) is 9.62. The number of nitrogens with zero attached hydrogens (tertiary/aromatic N) is 3. The lowest BCUT2D eigenvalue weighted by Crippen LogP contribution is -2.26. The zero-order valence-electron chi connectivity index (χ0n) is 19.2. The summed E-state index contributed by atoms with van der Waals surface area (Å²) >= 11 is 3.44. The highest BCUT2D eigenvalue weighted by Crippen LogP contribution is 2.38. The SMILES string of the molecule is CCn1nc(-c2ccccn2)c(C(CC(=O)O)c2ccc(Br)cc2)c1CC(=O)OC(C)(C)C. The van der Waals surface area contributed by atoms with Gasteiger partial charge in [0.1, 0.15) is 11.3 Å². The van der Waals surface area contributed by atoms with Crippen molar-refractivity contribution >= 4 is 27.9 Å². The lowest BCUT2D eigenvalue weighted by molar-refractivity contribution is -0.154. The van der Waals surface area contributed by atoms with Crippen LogP contribution in [0.1, 0.15) is 56.9 Å². The summed E-state index contributed by atoms with van der Waals surface area (Å²) in [6.45, 7) is 7.90. The number of carboxylic acid groups (broad SMARTS) is 1. The number of benzene rings is 1. The van der Waals surface area contributed by atoms with Crippen LogP contribution in [0.5, 0.6) is 0 Å². The number of ether oxygens (including phenoxy) is 1. The predicted molar refractivity (Wildman–Crippen MR) is 129 cm³/mol. The van der Waals surface area contributed by atoms with Gasteiger partial charge >= 0.3 is 11.9 Å². The summed E-state index contributed by atoms with van der Waals surface area (Å²) in [4.78, 5) is 29.2. The van der Waals surface area contributed by atoms with Crippen molar-refractivity contribution in [2.75, 3.05) is 0 Å². The number of carbonyl (C=O) groups excluding carboxylic acids is 1. The molecular formula is C25H28BrN3O4. The molecule has 0 spiro atoms. The van der Waals surface area contributed by atoms with E-state index in [-0.39, 0.29) is 12.8 Å². The average molecular weight is 514 g/mol. The first-order valence-corrected chi connectivity index (χ1v) is 11.6. The molecule has 0 bridgehead atoms. The van der Waals surface area contributed by atoms with E-state index in [9.17, 15) is 14.7 Å². The first kappa shape index (κ1) is 24.6. The van der Waals surface area contributed by atoms with Gasteiger partial charge in [0.2, 0.25) is 0 Å². The Bertz CT molecular complexity index is 1120. The van der Waals surface area contributed by atoms with Crippen LogP contribution in [0, 0.1) is 0 Å². The molecule has 0 saturated carbocycles. The molecule has 0 radical (unpaired) electrons. The van der Waals surface area contributed by atoms with Crippen LogP contribution >= 0.6 is 15.9 Å². The van der Waals surface area contributed by atoms with Crippen LogP contribution in [0.15, 0.2) is 53.1 Å². The standard InChI is InChI=1S/C25H28BrN3O4/c1-5-29-20(15-22(32)33-25(2,3)4)23(24(28-29)19-8-6-7-13-27-19)18(14-21(30)31)16-9-11-17(26)12-10-16/h6-13,18H,5,14-15H2,1-4H3,(H,30,31). The van der Waals surface area contributed by atoms with Gasteiger partial charge < -0.3 is 9.84 Å². The number of hydrogen-bond donors (Lipinski definition) is 1. The topological polar surface area (TPSA) is 94.3 Å². The van der Waals surface area contributed by atoms with Crippen molar-refractivity contribution in [2.24, 2.45) is 0 Å². The quantitative estimate of drug-likeness (QED) is 0.415. The van der Waals surface area contributed by atoms with E-state index in [1.807, 2.05) is 70.2 Å². The molecule has 1 N–H and O–H groups in total. The van der Waals surface area contributed by atoms with Crippen LogP contribution in [0.3, 0.4) is 0 Å². The number of aliphatic carboxylic acids is 1. The third-order valence-electron chi connectivity index (χ3n) is 5.04. The van der Waals surface area contributed by atoms with Crippen molar-refractivity contribution in [3.05, 3.63) is 70.0 Å². The molecular weight excluding hydrogens is 486 g/mol. The lowest BCUT2D eigenvalue weighted by Gasteiger charge is -2.21. The minimum atomic E-state index is -0.942. The second kappa shape index (κ2) is 10.3. The summed E-state index contributed by atoms with van der Waals surface area (Å²) in [5.41, 5.74) is 2.71. The fraction of sp³-hybridized carbons (Fsp3) is 0.360. The Morgan fingerprint density at radius 1 is 1.15 bits per heavy atom. The summed E-state index contributed by atoms with van der Waals surface area (Å²) < 4.78 is 8.21. The molecule has 7 nitrogen and oxygen atoms in total. The highest BCUT2D eigenvalue weighted by atomic mass is 79.9. The fourth-order valence-corrected chi connectivity index (χ4v) is 4.05. The number of esters is 1. The van der Waals surface area contributed by atoms with Crippen molar-refractivity contribution in [3.63, 3.8) is 0 Å². The largest absolute Gasteiger partial charge is 0.481 e. The highest BCUT2D eigenvalue weighted by Gasteiger charge is 2.31. The predicted octanol–water partition coefficient (Wildman–Crippen LogP) is 5.22. The Kier molecular flexibility index (Phi) is 7.68. The van der Waals surface area contributed by atoms with Gasteiger partial charge in [-0.05, 0) is 57.5 Å². The van der Waals surface area contributed by atoms with E-state index in [1.165, 1.54) is 0 Å². The number of halogens is 1. The first-order valence-electron chi connectivity index (χ1n) is 10.8. The number of hydrogen-bond acceptors (Lipinski definition) is 5. The van der Waals surface area contributed by atoms with Gasteiger partial charge in [-0.25, -0.2) is 0 Å². The van der Waals surface area contributed by atoms with Crippen molar-refractivity contribution in [1.29, 1.82) is 0 Å². The van der Waals surface area contributed by atoms with Crippen molar-refractivity contribution in [3.8, 4) is 11.4 Å². The Labute approximate surface area is 201 Å². The molecule has 0 aliphatic carbocycles. The molecule has 33 heavy (non-hydrogen) atoms. The van der Waals surface area contributed by atoms with E-state index in [0.717, 1.165) is 10.0 Å². The van der Waals surface area contributed by atoms with Gasteiger partial charge in [0.15, 0.2) is 0 Å². The molecule has 3 aromatic rings. The molecule has 8 heteroatoms. The van der Waals surface area contributed by atoms with Gasteiger partial charge in [0.25, 0.3) is 0 Å². The molecule has 1 atom stereocenters. The van der Waals surface area contributed by atoms with E-state index in [0.29, 0.717) is 29.2 Å². The van der Waals surface area contributed by atoms with E-state index in [1.54, 1.807) is 10.9 Å². The number of aryl methyl sites for hydroxylation is 1. The molecule has 2 aromatic heterocycles. The van der Waals surface area contributed by atoms with Crippen molar-refractivity contribution in [1.82, 2.24) is 14.8 Å². The van der Waals surface area contributed by atoms with Gasteiger partial charge in [0, 0.05) is 28.7 Å². The molecule has 1 unspecified atom stereocenters. The van der Waals surface area contributed by atoms with Gasteiger partial charge in [-0.2, -0.15) is 5.10 Å². The Morgan fingerprint density at radius 3 is 2.39 bits per heavy atom. The third-order valence-corrected chi connectivity index (χ3v) is 5.57. The van der Waals surface area contributed by atoms with Gasteiger partial charge in [0.05, 0.1) is 24.2 Å². The second-order valence-electron chi connectivity index (χ2n) is 8.70. The van der Waals surface area contributed by atoms with E-state index in [4.69, 9.17) is 9.84 Å². The normalized spacial score (nSPS) is 12.4. The van der Waals surface area contributed by atoms with Crippen LogP contribution in [0.25, 0.3) is 11.4 Å². The van der Waals surface area contributed by atoms with Crippen molar-refractivity contribution < 1.29 is 19.4 Å². The van der Waals surface area contributed by atoms with Crippen LogP contribution < -0.4 is 0 Å². The molecule has 3 rings (SSSR count). The molecule has 0 aliphatic rings. The molecule has 1 aromatic carbocycles. The van der Waals surface area contributed by atoms with Crippen molar-refractivity contribution in [2.45, 2.75) is 58.6 Å². The van der Waals surface area contributed by atoms with Gasteiger partial charge in [-0.1, -0.05) is 34.1 Å². The zero-order chi connectivity index (χ0) is 24.2. The van der Waals surface area contributed by atoms with Gasteiger partial charge in [-0.15, -0.1) is 0 Å². The molecule has 2 heterocycles. The summed E-state index contributed by atoms with van der Waals surface area (Å²) in [6.07, 6.45) is 1.49. The summed E-state index contributed by atoms with van der Waals surface area (Å²) in [7, 11) is 0. The summed E-state index contributed by atoms with van der Waals surface area (Å²) in [5, 5.41) is 14.5. The van der Waals surface area contributed by atoms with Crippen LogP contribution in [-0.2, 0) is 27.3 Å². The zero-order valence-corrected chi connectivity index (χ0v) is 20.8. The number of aromatic nitrogens is 3. The minimum Gasteiger partial charge on any atom is -0.481 e. The lowest BCUT2D eigenvalue weighted by atomic mass is 9.85. The molecule has 174 valence electrons. The average Bonchev–Trinajstić information content (AvgIpc) is 3.09. The Morgan fingerprint density at radius 2 is 1.85 bits per heavy atom. The molecule has 0 aliphatic heterocycles.